The number of rotatable bonds is 13. The van der Waals surface area contributed by atoms with Crippen LogP contribution in [0.4, 0.5) is 0 Å². The Bertz CT molecular complexity index is 1690. The maximum absolute atomic E-state index is 12.7. The predicted octanol–water partition coefficient (Wildman–Crippen LogP) is 5.63. The van der Waals surface area contributed by atoms with Gasteiger partial charge in [-0.3, -0.25) is 28.7 Å². The monoisotopic (exact) mass is 704 g/mol. The second-order valence-electron chi connectivity index (χ2n) is 8.31. The van der Waals surface area contributed by atoms with Crippen LogP contribution in [0.1, 0.15) is 0 Å². The minimum absolute atomic E-state index is 0.0777. The van der Waals surface area contributed by atoms with Gasteiger partial charge < -0.3 is 9.47 Å². The third kappa shape index (κ3) is 6.91. The first kappa shape index (κ1) is 31.9. The summed E-state index contributed by atoms with van der Waals surface area (Å²) in [5.74, 6) is 0.833. The van der Waals surface area contributed by atoms with E-state index in [1.807, 2.05) is 82.3 Å². The molecule has 3 aromatic rings. The maximum atomic E-state index is 12.7. The quantitative estimate of drug-likeness (QED) is 0.222. The Morgan fingerprint density at radius 3 is 1.63 bits per heavy atom. The maximum Gasteiger partial charge on any atom is 0.261 e. The summed E-state index contributed by atoms with van der Waals surface area (Å²) >= 11 is 14.7. The van der Waals surface area contributed by atoms with E-state index in [2.05, 4.69) is 23.8 Å². The summed E-state index contributed by atoms with van der Waals surface area (Å²) in [6, 6.07) is 2.64. The lowest BCUT2D eigenvalue weighted by molar-refractivity contribution is 0.0503. The summed E-state index contributed by atoms with van der Waals surface area (Å²) in [5.41, 5.74) is -2.11. The van der Waals surface area contributed by atoms with E-state index in [-0.39, 0.29) is 34.7 Å². The summed E-state index contributed by atoms with van der Waals surface area (Å²) in [6.45, 7) is 1.58. The van der Waals surface area contributed by atoms with E-state index in [9.17, 15) is 19.2 Å². The molecule has 41 heavy (non-hydrogen) atoms. The number of H-pyrrole nitrogens is 1. The topological polar surface area (TPSA) is 107 Å². The minimum atomic E-state index is -0.563. The Morgan fingerprint density at radius 1 is 0.659 bits per heavy atom. The standard InChI is InChI=1S/C25H24N2O6S8/c1-34-20-21(35-2)39-24(38-20)25-40-22(36-3)23(41-25)37-9-8-33-7-6-32-5-4-27-18(30)14-10-12-13(11-15(14)19(27)31)17(29)26-16(12)28/h10-11H,4-9H2,1-3H3,(H,26,28,29). The molecule has 0 radical (unpaired) electrons. The van der Waals surface area contributed by atoms with E-state index in [0.717, 1.165) is 10.3 Å². The molecule has 0 aliphatic carbocycles. The van der Waals surface area contributed by atoms with Crippen molar-refractivity contribution in [2.24, 2.45) is 0 Å². The first-order valence-electron chi connectivity index (χ1n) is 12.1. The predicted molar refractivity (Wildman–Crippen MR) is 187 cm³/mol. The molecule has 0 saturated heterocycles. The Labute approximate surface area is 269 Å². The molecule has 0 spiro atoms. The van der Waals surface area contributed by atoms with Crippen molar-refractivity contribution in [1.29, 1.82) is 0 Å². The second-order valence-corrected chi connectivity index (χ2v) is 17.5. The van der Waals surface area contributed by atoms with Crippen LogP contribution in [0, 0.1) is 0 Å². The molecule has 2 aliphatic heterocycles. The van der Waals surface area contributed by atoms with Gasteiger partial charge in [0.25, 0.3) is 22.2 Å². The van der Waals surface area contributed by atoms with Crippen LogP contribution < -0.4 is 22.2 Å². The zero-order valence-electron chi connectivity index (χ0n) is 22.1. The lowest BCUT2D eigenvalue weighted by Crippen LogP contribution is -2.27. The highest BCUT2D eigenvalue weighted by Crippen LogP contribution is 2.65. The van der Waals surface area contributed by atoms with Crippen LogP contribution in [-0.2, 0) is 16.0 Å². The molecular formula is C25H24N2O6S8. The fourth-order valence-corrected chi connectivity index (χ4v) is 14.6. The molecule has 0 amide bonds. The van der Waals surface area contributed by atoms with Gasteiger partial charge in [-0.15, -0.1) is 47.0 Å². The van der Waals surface area contributed by atoms with Crippen molar-refractivity contribution >= 4 is 116 Å². The van der Waals surface area contributed by atoms with Crippen molar-refractivity contribution in [3.63, 3.8) is 0 Å². The molecule has 16 heteroatoms. The minimum Gasteiger partial charge on any atom is -0.378 e. The number of fused-ring (bicyclic) bond motifs is 2. The van der Waals surface area contributed by atoms with Crippen LogP contribution >= 0.6 is 94.1 Å². The van der Waals surface area contributed by atoms with E-state index < -0.39 is 22.2 Å². The molecular weight excluding hydrogens is 681 g/mol. The normalized spacial score (nSPS) is 16.1. The van der Waals surface area contributed by atoms with E-state index in [4.69, 9.17) is 9.47 Å². The molecule has 0 unspecified atom stereocenters. The first-order chi connectivity index (χ1) is 19.9. The Hall–Kier alpha value is -0.560. The molecule has 2 aromatic heterocycles. The van der Waals surface area contributed by atoms with Gasteiger partial charge in [0.05, 0.1) is 79.9 Å². The van der Waals surface area contributed by atoms with Crippen molar-refractivity contribution in [3.8, 4) is 0 Å². The number of hydrogen-bond acceptors (Lipinski definition) is 14. The average Bonchev–Trinajstić information content (AvgIpc) is 3.71. The highest BCUT2D eigenvalue weighted by atomic mass is 32.3. The fraction of sp³-hybridized carbons (Fsp3) is 0.360. The summed E-state index contributed by atoms with van der Waals surface area (Å²) in [5, 5.41) is 0.498. The molecule has 2 aliphatic rings. The van der Waals surface area contributed by atoms with Gasteiger partial charge in [-0.1, -0.05) is 47.0 Å². The van der Waals surface area contributed by atoms with Crippen molar-refractivity contribution < 1.29 is 9.47 Å². The van der Waals surface area contributed by atoms with Gasteiger partial charge in [-0.2, -0.15) is 0 Å². The van der Waals surface area contributed by atoms with Crippen molar-refractivity contribution in [3.05, 3.63) is 79.0 Å². The summed E-state index contributed by atoms with van der Waals surface area (Å²) in [7, 11) is 0. The SMILES string of the molecule is CSC1=C(SC)SC(=C2SC(SC)=C(SCCOCCOCCn3c(=O)c4cc5c(=O)[nH]c(=O)c5cc4c3=O)S2)S1. The highest BCUT2D eigenvalue weighted by molar-refractivity contribution is 8.44. The number of benzene rings is 1. The second kappa shape index (κ2) is 14.5. The van der Waals surface area contributed by atoms with Gasteiger partial charge in [0.15, 0.2) is 0 Å². The van der Waals surface area contributed by atoms with Crippen LogP contribution in [0.15, 0.2) is 56.7 Å². The van der Waals surface area contributed by atoms with Crippen molar-refractivity contribution in [2.45, 2.75) is 6.54 Å². The number of nitrogens with zero attached hydrogens (tertiary/aromatic N) is 1. The van der Waals surface area contributed by atoms with E-state index in [0.29, 0.717) is 19.8 Å². The zero-order valence-corrected chi connectivity index (χ0v) is 28.6. The summed E-state index contributed by atoms with van der Waals surface area (Å²) < 4.78 is 20.6. The Kier molecular flexibility index (Phi) is 11.2. The number of aromatic nitrogens is 2. The largest absolute Gasteiger partial charge is 0.378 e. The van der Waals surface area contributed by atoms with E-state index >= 15 is 0 Å². The van der Waals surface area contributed by atoms with Gasteiger partial charge in [-0.05, 0) is 30.9 Å². The van der Waals surface area contributed by atoms with Crippen molar-refractivity contribution in [1.82, 2.24) is 9.55 Å². The van der Waals surface area contributed by atoms with Gasteiger partial charge >= 0.3 is 0 Å². The van der Waals surface area contributed by atoms with Crippen LogP contribution in [-0.4, -0.2) is 60.5 Å². The summed E-state index contributed by atoms with van der Waals surface area (Å²) in [6.07, 6.45) is 6.38. The lowest BCUT2D eigenvalue weighted by atomic mass is 10.1. The number of thioether (sulfide) groups is 8. The lowest BCUT2D eigenvalue weighted by Gasteiger charge is -2.07. The van der Waals surface area contributed by atoms with Crippen LogP contribution in [0.3, 0.4) is 0 Å². The molecule has 5 rings (SSSR count). The summed E-state index contributed by atoms with van der Waals surface area (Å²) in [4.78, 5) is 51.4. The molecule has 1 aromatic carbocycles. The van der Waals surface area contributed by atoms with Gasteiger partial charge in [0, 0.05) is 5.75 Å². The van der Waals surface area contributed by atoms with Crippen molar-refractivity contribution in [2.75, 3.05) is 50.9 Å². The van der Waals surface area contributed by atoms with Crippen LogP contribution in [0.5, 0.6) is 0 Å². The third-order valence-electron chi connectivity index (χ3n) is 5.91. The highest BCUT2D eigenvalue weighted by Gasteiger charge is 2.29. The number of nitrogens with one attached hydrogen (secondary N) is 1. The third-order valence-corrected chi connectivity index (χ3v) is 17.0. The smallest absolute Gasteiger partial charge is 0.261 e. The molecule has 218 valence electrons. The zero-order chi connectivity index (χ0) is 29.1. The van der Waals surface area contributed by atoms with Gasteiger partial charge in [0.2, 0.25) is 0 Å². The number of hydrogen-bond donors (Lipinski definition) is 1. The van der Waals surface area contributed by atoms with E-state index in [1.54, 1.807) is 11.8 Å². The first-order valence-corrected chi connectivity index (χ1v) is 20.0. The molecule has 0 saturated carbocycles. The molecule has 1 N–H and O–H groups in total. The average molecular weight is 705 g/mol. The van der Waals surface area contributed by atoms with Gasteiger partial charge in [0.1, 0.15) is 0 Å². The molecule has 4 heterocycles. The molecule has 8 nitrogen and oxygen atoms in total. The number of aromatic amines is 1. The fourth-order valence-electron chi connectivity index (χ4n) is 4.00. The Balaban J connectivity index is 1.04. The number of ether oxygens (including phenoxy) is 2. The molecule has 0 bridgehead atoms. The molecule has 0 fully saturated rings. The Morgan fingerprint density at radius 2 is 1.12 bits per heavy atom. The van der Waals surface area contributed by atoms with E-state index in [1.165, 1.54) is 37.6 Å². The molecule has 0 atom stereocenters. The van der Waals surface area contributed by atoms with Crippen LogP contribution in [0.2, 0.25) is 0 Å². The van der Waals surface area contributed by atoms with Crippen LogP contribution in [0.25, 0.3) is 21.5 Å². The van der Waals surface area contributed by atoms with Gasteiger partial charge in [-0.25, -0.2) is 0 Å².